The molecule has 1 saturated heterocycles. The van der Waals surface area contributed by atoms with Gasteiger partial charge in [0.25, 0.3) is 0 Å². The second kappa shape index (κ2) is 6.54. The van der Waals surface area contributed by atoms with Crippen LogP contribution in [0.2, 0.25) is 0 Å². The van der Waals surface area contributed by atoms with Crippen molar-refractivity contribution in [3.05, 3.63) is 30.1 Å². The maximum Gasteiger partial charge on any atom is 0.232 e. The van der Waals surface area contributed by atoms with Crippen LogP contribution < -0.4 is 9.80 Å². The Kier molecular flexibility index (Phi) is 4.47. The normalized spacial score (nSPS) is 15.9. The molecule has 124 valence electrons. The molecule has 0 saturated carbocycles. The van der Waals surface area contributed by atoms with Crippen LogP contribution in [0.25, 0.3) is 0 Å². The molecule has 1 N–H and O–H groups in total. The number of anilines is 3. The van der Waals surface area contributed by atoms with Crippen LogP contribution in [0.15, 0.2) is 24.3 Å². The lowest BCUT2D eigenvalue weighted by molar-refractivity contribution is 0.202. The SMILES string of the molecule is CN(c1ccc(F)cc1)c1nnc(N2CCC(CO)CC2)n1C. The third-order valence-corrected chi connectivity index (χ3v) is 4.50. The Hall–Kier alpha value is -2.15. The predicted octanol–water partition coefficient (Wildman–Crippen LogP) is 1.93. The van der Waals surface area contributed by atoms with Crippen molar-refractivity contribution in [1.29, 1.82) is 0 Å². The van der Waals surface area contributed by atoms with Crippen LogP contribution >= 0.6 is 0 Å². The molecule has 1 fully saturated rings. The fourth-order valence-electron chi connectivity index (χ4n) is 2.98. The Bertz CT molecular complexity index is 649. The van der Waals surface area contributed by atoms with Crippen LogP contribution in [0.4, 0.5) is 22.0 Å². The highest BCUT2D eigenvalue weighted by atomic mass is 19.1. The molecular formula is C16H22FN5O. The number of nitrogens with zero attached hydrogens (tertiary/aromatic N) is 5. The summed E-state index contributed by atoms with van der Waals surface area (Å²) in [5, 5.41) is 17.8. The third-order valence-electron chi connectivity index (χ3n) is 4.50. The molecule has 0 spiro atoms. The van der Waals surface area contributed by atoms with Gasteiger partial charge in [0.2, 0.25) is 11.9 Å². The number of hydrogen-bond acceptors (Lipinski definition) is 5. The summed E-state index contributed by atoms with van der Waals surface area (Å²) < 4.78 is 15.0. The smallest absolute Gasteiger partial charge is 0.232 e. The van der Waals surface area contributed by atoms with Gasteiger partial charge >= 0.3 is 0 Å². The van der Waals surface area contributed by atoms with E-state index in [1.165, 1.54) is 12.1 Å². The molecule has 0 unspecified atom stereocenters. The Labute approximate surface area is 135 Å². The average Bonchev–Trinajstić information content (AvgIpc) is 2.96. The number of rotatable bonds is 4. The lowest BCUT2D eigenvalue weighted by atomic mass is 9.98. The molecule has 1 aliphatic rings. The first-order valence-corrected chi connectivity index (χ1v) is 7.84. The average molecular weight is 319 g/mol. The third kappa shape index (κ3) is 3.14. The van der Waals surface area contributed by atoms with E-state index >= 15 is 0 Å². The van der Waals surface area contributed by atoms with Crippen molar-refractivity contribution in [1.82, 2.24) is 14.8 Å². The van der Waals surface area contributed by atoms with Crippen molar-refractivity contribution >= 4 is 17.6 Å². The molecule has 0 radical (unpaired) electrons. The molecule has 6 nitrogen and oxygen atoms in total. The van der Waals surface area contributed by atoms with E-state index in [0.717, 1.165) is 37.6 Å². The molecule has 0 aliphatic carbocycles. The van der Waals surface area contributed by atoms with Gasteiger partial charge in [-0.3, -0.25) is 4.57 Å². The summed E-state index contributed by atoms with van der Waals surface area (Å²) in [7, 11) is 3.82. The second-order valence-corrected chi connectivity index (χ2v) is 6.01. The van der Waals surface area contributed by atoms with E-state index in [9.17, 15) is 9.50 Å². The van der Waals surface area contributed by atoms with E-state index < -0.39 is 0 Å². The van der Waals surface area contributed by atoms with Crippen LogP contribution in [0.1, 0.15) is 12.8 Å². The first-order valence-electron chi connectivity index (χ1n) is 7.84. The molecular weight excluding hydrogens is 297 g/mol. The lowest BCUT2D eigenvalue weighted by Crippen LogP contribution is -2.36. The minimum atomic E-state index is -0.257. The number of aromatic nitrogens is 3. The van der Waals surface area contributed by atoms with E-state index in [1.54, 1.807) is 12.1 Å². The summed E-state index contributed by atoms with van der Waals surface area (Å²) in [4.78, 5) is 4.08. The lowest BCUT2D eigenvalue weighted by Gasteiger charge is -2.31. The Morgan fingerprint density at radius 3 is 2.48 bits per heavy atom. The van der Waals surface area contributed by atoms with Crippen molar-refractivity contribution in [3.63, 3.8) is 0 Å². The first kappa shape index (κ1) is 15.7. The maximum atomic E-state index is 13.1. The van der Waals surface area contributed by atoms with Gasteiger partial charge in [-0.1, -0.05) is 0 Å². The minimum Gasteiger partial charge on any atom is -0.396 e. The van der Waals surface area contributed by atoms with Crippen molar-refractivity contribution in [2.75, 3.05) is 36.5 Å². The standard InChI is InChI=1S/C16H22FN5O/c1-20(14-5-3-13(17)4-6-14)15-18-19-16(21(15)2)22-9-7-12(11-23)8-10-22/h3-6,12,23H,7-11H2,1-2H3. The van der Waals surface area contributed by atoms with Gasteiger partial charge in [0.15, 0.2) is 0 Å². The summed E-state index contributed by atoms with van der Waals surface area (Å²) in [6, 6.07) is 6.30. The van der Waals surface area contributed by atoms with Crippen LogP contribution in [0, 0.1) is 11.7 Å². The van der Waals surface area contributed by atoms with Crippen LogP contribution in [-0.4, -0.2) is 46.6 Å². The number of benzene rings is 1. The summed E-state index contributed by atoms with van der Waals surface area (Å²) >= 11 is 0. The molecule has 2 aromatic rings. The highest BCUT2D eigenvalue weighted by molar-refractivity contribution is 5.57. The molecule has 2 heterocycles. The van der Waals surface area contributed by atoms with Crippen LogP contribution in [0.5, 0.6) is 0 Å². The quantitative estimate of drug-likeness (QED) is 0.933. The van der Waals surface area contributed by atoms with Crippen molar-refractivity contribution in [2.24, 2.45) is 13.0 Å². The van der Waals surface area contributed by atoms with Gasteiger partial charge in [0.1, 0.15) is 5.82 Å². The van der Waals surface area contributed by atoms with E-state index in [4.69, 9.17) is 0 Å². The molecule has 0 atom stereocenters. The molecule has 0 amide bonds. The summed E-state index contributed by atoms with van der Waals surface area (Å²) in [6.45, 7) is 2.00. The van der Waals surface area contributed by atoms with Crippen molar-refractivity contribution < 1.29 is 9.50 Å². The van der Waals surface area contributed by atoms with Gasteiger partial charge in [0, 0.05) is 39.5 Å². The van der Waals surface area contributed by atoms with Crippen LogP contribution in [0.3, 0.4) is 0 Å². The van der Waals surface area contributed by atoms with Gasteiger partial charge in [-0.05, 0) is 43.0 Å². The molecule has 1 aromatic carbocycles. The molecule has 7 heteroatoms. The fraction of sp³-hybridized carbons (Fsp3) is 0.500. The van der Waals surface area contributed by atoms with Gasteiger partial charge in [-0.25, -0.2) is 4.39 Å². The Balaban J connectivity index is 1.78. The zero-order valence-corrected chi connectivity index (χ0v) is 13.5. The summed E-state index contributed by atoms with van der Waals surface area (Å²) in [5.41, 5.74) is 0.854. The van der Waals surface area contributed by atoms with E-state index in [2.05, 4.69) is 15.1 Å². The number of hydrogen-bond donors (Lipinski definition) is 1. The van der Waals surface area contributed by atoms with Gasteiger partial charge < -0.3 is 14.9 Å². The largest absolute Gasteiger partial charge is 0.396 e. The highest BCUT2D eigenvalue weighted by Crippen LogP contribution is 2.27. The number of piperidine rings is 1. The van der Waals surface area contributed by atoms with E-state index in [-0.39, 0.29) is 12.4 Å². The predicted molar refractivity (Wildman–Crippen MR) is 87.5 cm³/mol. The molecule has 0 bridgehead atoms. The van der Waals surface area contributed by atoms with Crippen LogP contribution in [-0.2, 0) is 7.05 Å². The van der Waals surface area contributed by atoms with Gasteiger partial charge in [-0.15, -0.1) is 10.2 Å². The first-order chi connectivity index (χ1) is 11.1. The number of aliphatic hydroxyl groups excluding tert-OH is 1. The van der Waals surface area contributed by atoms with Gasteiger partial charge in [-0.2, -0.15) is 0 Å². The van der Waals surface area contributed by atoms with Crippen molar-refractivity contribution in [3.8, 4) is 0 Å². The minimum absolute atomic E-state index is 0.255. The fourth-order valence-corrected chi connectivity index (χ4v) is 2.98. The zero-order chi connectivity index (χ0) is 16.4. The second-order valence-electron chi connectivity index (χ2n) is 6.01. The topological polar surface area (TPSA) is 57.4 Å². The van der Waals surface area contributed by atoms with Gasteiger partial charge in [0.05, 0.1) is 0 Å². The monoisotopic (exact) mass is 319 g/mol. The summed E-state index contributed by atoms with van der Waals surface area (Å²) in [5.74, 6) is 1.66. The molecule has 1 aromatic heterocycles. The van der Waals surface area contributed by atoms with Crippen molar-refractivity contribution in [2.45, 2.75) is 12.8 Å². The maximum absolute atomic E-state index is 13.1. The molecule has 1 aliphatic heterocycles. The Morgan fingerprint density at radius 1 is 1.22 bits per heavy atom. The Morgan fingerprint density at radius 2 is 1.87 bits per heavy atom. The van der Waals surface area contributed by atoms with E-state index in [0.29, 0.717) is 11.9 Å². The number of halogens is 1. The molecule has 23 heavy (non-hydrogen) atoms. The number of aliphatic hydroxyl groups is 1. The molecule has 3 rings (SSSR count). The zero-order valence-electron chi connectivity index (χ0n) is 13.5. The highest BCUT2D eigenvalue weighted by Gasteiger charge is 2.23. The van der Waals surface area contributed by atoms with E-state index in [1.807, 2.05) is 23.6 Å². The summed E-state index contributed by atoms with van der Waals surface area (Å²) in [6.07, 6.45) is 1.93.